The first kappa shape index (κ1) is 20.3. The van der Waals surface area contributed by atoms with Gasteiger partial charge in [0.2, 0.25) is 0 Å². The van der Waals surface area contributed by atoms with Gasteiger partial charge in [-0.1, -0.05) is 29.8 Å². The number of nitriles is 1. The lowest BCUT2D eigenvalue weighted by atomic mass is 10.2. The number of carbonyl (C=O) groups is 2. The summed E-state index contributed by atoms with van der Waals surface area (Å²) in [5, 5.41) is 12.0. The molecule has 0 saturated carbocycles. The molecule has 0 aromatic heterocycles. The van der Waals surface area contributed by atoms with E-state index in [0.717, 1.165) is 5.56 Å². The molecule has 27 heavy (non-hydrogen) atoms. The molecular formula is C20H19ClN2O4. The number of benzene rings is 2. The summed E-state index contributed by atoms with van der Waals surface area (Å²) < 4.78 is 10.6. The van der Waals surface area contributed by atoms with Crippen LogP contribution in [0.1, 0.15) is 25.0 Å². The standard InChI is InChI=1S/C20H19ClN2O4/c1-13(19(24)23-12-16-5-3-4-6-18(16)21)27-20(25)14(2)26-17-9-7-15(11-22)8-10-17/h3-10,13-14H,12H2,1-2H3,(H,23,24)/t13-,14-/m1/s1. The Bertz CT molecular complexity index is 846. The maximum absolute atomic E-state index is 12.1. The predicted octanol–water partition coefficient (Wildman–Crippen LogP) is 3.23. The van der Waals surface area contributed by atoms with Crippen molar-refractivity contribution in [2.45, 2.75) is 32.6 Å². The van der Waals surface area contributed by atoms with Gasteiger partial charge in [0.15, 0.2) is 12.2 Å². The molecule has 2 atom stereocenters. The van der Waals surface area contributed by atoms with Crippen molar-refractivity contribution < 1.29 is 19.1 Å². The molecule has 1 amide bonds. The van der Waals surface area contributed by atoms with Crippen LogP contribution in [0, 0.1) is 11.3 Å². The zero-order valence-electron chi connectivity index (χ0n) is 14.9. The number of carbonyl (C=O) groups excluding carboxylic acids is 2. The third-order valence-electron chi connectivity index (χ3n) is 3.70. The second-order valence-corrected chi connectivity index (χ2v) is 6.19. The Balaban J connectivity index is 1.83. The van der Waals surface area contributed by atoms with Crippen LogP contribution in [0.25, 0.3) is 0 Å². The number of amides is 1. The molecule has 140 valence electrons. The van der Waals surface area contributed by atoms with Gasteiger partial charge in [-0.25, -0.2) is 4.79 Å². The van der Waals surface area contributed by atoms with Crippen LogP contribution >= 0.6 is 11.6 Å². The van der Waals surface area contributed by atoms with Gasteiger partial charge in [-0.15, -0.1) is 0 Å². The summed E-state index contributed by atoms with van der Waals surface area (Å²) in [5.74, 6) is -0.678. The Kier molecular flexibility index (Phi) is 7.21. The average Bonchev–Trinajstić information content (AvgIpc) is 2.67. The van der Waals surface area contributed by atoms with Gasteiger partial charge in [0, 0.05) is 11.6 Å². The van der Waals surface area contributed by atoms with Crippen molar-refractivity contribution in [3.63, 3.8) is 0 Å². The monoisotopic (exact) mass is 386 g/mol. The van der Waals surface area contributed by atoms with Crippen molar-refractivity contribution >= 4 is 23.5 Å². The summed E-state index contributed by atoms with van der Waals surface area (Å²) in [6.45, 7) is 3.24. The Morgan fingerprint density at radius 1 is 1.11 bits per heavy atom. The molecule has 0 saturated heterocycles. The highest BCUT2D eigenvalue weighted by atomic mass is 35.5. The highest BCUT2D eigenvalue weighted by Gasteiger charge is 2.23. The van der Waals surface area contributed by atoms with Crippen LogP contribution in [-0.2, 0) is 20.9 Å². The van der Waals surface area contributed by atoms with E-state index in [2.05, 4.69) is 5.32 Å². The average molecular weight is 387 g/mol. The van der Waals surface area contributed by atoms with E-state index in [0.29, 0.717) is 16.3 Å². The van der Waals surface area contributed by atoms with Crippen LogP contribution in [0.5, 0.6) is 5.75 Å². The summed E-state index contributed by atoms with van der Waals surface area (Å²) in [7, 11) is 0. The third-order valence-corrected chi connectivity index (χ3v) is 4.07. The van der Waals surface area contributed by atoms with Crippen molar-refractivity contribution in [1.82, 2.24) is 5.32 Å². The Morgan fingerprint density at radius 3 is 2.41 bits per heavy atom. The zero-order valence-corrected chi connectivity index (χ0v) is 15.7. The van der Waals surface area contributed by atoms with Gasteiger partial charge in [0.25, 0.3) is 5.91 Å². The molecule has 0 aliphatic rings. The Morgan fingerprint density at radius 2 is 1.78 bits per heavy atom. The van der Waals surface area contributed by atoms with Crippen molar-refractivity contribution in [2.24, 2.45) is 0 Å². The minimum atomic E-state index is -0.980. The van der Waals surface area contributed by atoms with Gasteiger partial charge < -0.3 is 14.8 Å². The number of nitrogens with zero attached hydrogens (tertiary/aromatic N) is 1. The molecule has 2 rings (SSSR count). The highest BCUT2D eigenvalue weighted by molar-refractivity contribution is 6.31. The minimum absolute atomic E-state index is 0.234. The van der Waals surface area contributed by atoms with E-state index in [4.69, 9.17) is 26.3 Å². The molecule has 0 radical (unpaired) electrons. The van der Waals surface area contributed by atoms with Crippen LogP contribution in [-0.4, -0.2) is 24.1 Å². The number of nitrogens with one attached hydrogen (secondary N) is 1. The van der Waals surface area contributed by atoms with E-state index in [9.17, 15) is 9.59 Å². The van der Waals surface area contributed by atoms with Crippen molar-refractivity contribution in [2.75, 3.05) is 0 Å². The molecule has 0 aliphatic heterocycles. The zero-order chi connectivity index (χ0) is 19.8. The van der Waals surface area contributed by atoms with Gasteiger partial charge in [0.1, 0.15) is 5.75 Å². The van der Waals surface area contributed by atoms with Crippen LogP contribution in [0.4, 0.5) is 0 Å². The van der Waals surface area contributed by atoms with E-state index in [1.54, 1.807) is 42.5 Å². The normalized spacial score (nSPS) is 12.4. The molecule has 0 spiro atoms. The summed E-state index contributed by atoms with van der Waals surface area (Å²) >= 11 is 6.04. The smallest absolute Gasteiger partial charge is 0.347 e. The summed E-state index contributed by atoms with van der Waals surface area (Å²) in [4.78, 5) is 24.2. The summed E-state index contributed by atoms with van der Waals surface area (Å²) in [5.41, 5.74) is 1.25. The van der Waals surface area contributed by atoms with E-state index in [1.807, 2.05) is 12.1 Å². The van der Waals surface area contributed by atoms with Gasteiger partial charge in [-0.2, -0.15) is 5.26 Å². The van der Waals surface area contributed by atoms with Gasteiger partial charge in [-0.05, 0) is 49.7 Å². The maximum Gasteiger partial charge on any atom is 0.347 e. The predicted molar refractivity (Wildman–Crippen MR) is 100 cm³/mol. The number of hydrogen-bond acceptors (Lipinski definition) is 5. The van der Waals surface area contributed by atoms with Crippen molar-refractivity contribution in [3.05, 3.63) is 64.7 Å². The second-order valence-electron chi connectivity index (χ2n) is 5.78. The van der Waals surface area contributed by atoms with Crippen LogP contribution in [0.2, 0.25) is 5.02 Å². The maximum atomic E-state index is 12.1. The van der Waals surface area contributed by atoms with E-state index in [-0.39, 0.29) is 6.54 Å². The number of halogens is 1. The van der Waals surface area contributed by atoms with Crippen molar-refractivity contribution in [1.29, 1.82) is 5.26 Å². The summed E-state index contributed by atoms with van der Waals surface area (Å²) in [6, 6.07) is 15.5. The van der Waals surface area contributed by atoms with E-state index >= 15 is 0 Å². The lowest BCUT2D eigenvalue weighted by Gasteiger charge is -2.18. The summed E-state index contributed by atoms with van der Waals surface area (Å²) in [6.07, 6.45) is -1.89. The second kappa shape index (κ2) is 9.60. The first-order valence-electron chi connectivity index (χ1n) is 8.29. The van der Waals surface area contributed by atoms with Gasteiger partial charge >= 0.3 is 5.97 Å². The molecule has 2 aromatic carbocycles. The lowest BCUT2D eigenvalue weighted by Crippen LogP contribution is -2.38. The number of esters is 1. The van der Waals surface area contributed by atoms with E-state index < -0.39 is 24.1 Å². The fourth-order valence-corrected chi connectivity index (χ4v) is 2.35. The number of hydrogen-bond donors (Lipinski definition) is 1. The molecular weight excluding hydrogens is 368 g/mol. The van der Waals surface area contributed by atoms with Gasteiger partial charge in [0.05, 0.1) is 11.6 Å². The Labute approximate surface area is 162 Å². The Hall–Kier alpha value is -3.04. The molecule has 1 N–H and O–H groups in total. The lowest BCUT2D eigenvalue weighted by molar-refractivity contribution is -0.160. The molecule has 6 nitrogen and oxygen atoms in total. The SMILES string of the molecule is C[C@@H](OC(=O)[C@@H](C)Oc1ccc(C#N)cc1)C(=O)NCc1ccccc1Cl. The third kappa shape index (κ3) is 6.01. The van der Waals surface area contributed by atoms with Crippen LogP contribution in [0.15, 0.2) is 48.5 Å². The molecule has 0 unspecified atom stereocenters. The molecule has 0 aliphatic carbocycles. The van der Waals surface area contributed by atoms with Crippen LogP contribution < -0.4 is 10.1 Å². The first-order valence-corrected chi connectivity index (χ1v) is 8.67. The molecule has 7 heteroatoms. The first-order chi connectivity index (χ1) is 12.9. The minimum Gasteiger partial charge on any atom is -0.479 e. The highest BCUT2D eigenvalue weighted by Crippen LogP contribution is 2.15. The largest absolute Gasteiger partial charge is 0.479 e. The van der Waals surface area contributed by atoms with Gasteiger partial charge in [-0.3, -0.25) is 4.79 Å². The number of rotatable bonds is 7. The molecule has 2 aromatic rings. The molecule has 0 heterocycles. The fourth-order valence-electron chi connectivity index (χ4n) is 2.15. The number of ether oxygens (including phenoxy) is 2. The molecule has 0 fully saturated rings. The van der Waals surface area contributed by atoms with Crippen LogP contribution in [0.3, 0.4) is 0 Å². The topological polar surface area (TPSA) is 88.4 Å². The van der Waals surface area contributed by atoms with E-state index in [1.165, 1.54) is 13.8 Å². The fraction of sp³-hybridized carbons (Fsp3) is 0.250. The van der Waals surface area contributed by atoms with Crippen molar-refractivity contribution in [3.8, 4) is 11.8 Å². The quantitative estimate of drug-likeness (QED) is 0.738. The molecule has 0 bridgehead atoms.